The van der Waals surface area contributed by atoms with E-state index in [0.29, 0.717) is 0 Å². The van der Waals surface area contributed by atoms with Gasteiger partial charge in [0.25, 0.3) is 0 Å². The Morgan fingerprint density at radius 3 is 1.50 bits per heavy atom. The maximum absolute atomic E-state index is 5.07. The maximum atomic E-state index is 5.07. The third-order valence-corrected chi connectivity index (χ3v) is 12.8. The predicted molar refractivity (Wildman–Crippen MR) is 102 cm³/mol. The SMILES string of the molecule is C[C@H]1CC[C@H](C)P1Cc1cccc(CP2[C@@H](C)CC[C@@H]2C)n1. The van der Waals surface area contributed by atoms with Gasteiger partial charge in [0.1, 0.15) is 0 Å². The van der Waals surface area contributed by atoms with Crippen LogP contribution in [0.15, 0.2) is 18.2 Å². The van der Waals surface area contributed by atoms with E-state index >= 15 is 0 Å². The maximum Gasteiger partial charge on any atom is 0.0450 e. The van der Waals surface area contributed by atoms with E-state index in [0.717, 1.165) is 22.6 Å². The van der Waals surface area contributed by atoms with Gasteiger partial charge in [0.15, 0.2) is 0 Å². The van der Waals surface area contributed by atoms with Crippen molar-refractivity contribution < 1.29 is 0 Å². The second-order valence-electron chi connectivity index (χ2n) is 7.52. The van der Waals surface area contributed by atoms with Gasteiger partial charge < -0.3 is 0 Å². The van der Waals surface area contributed by atoms with Crippen LogP contribution < -0.4 is 0 Å². The molecule has 1 aromatic heterocycles. The van der Waals surface area contributed by atoms with Gasteiger partial charge in [-0.2, -0.15) is 0 Å². The molecule has 0 saturated carbocycles. The highest BCUT2D eigenvalue weighted by Gasteiger charge is 2.31. The van der Waals surface area contributed by atoms with Crippen molar-refractivity contribution in [1.82, 2.24) is 4.98 Å². The zero-order valence-corrected chi connectivity index (χ0v) is 16.4. The van der Waals surface area contributed by atoms with Gasteiger partial charge >= 0.3 is 0 Å². The Balaban J connectivity index is 1.67. The fourth-order valence-corrected chi connectivity index (χ4v) is 10.2. The van der Waals surface area contributed by atoms with Crippen LogP contribution >= 0.6 is 15.8 Å². The Hall–Kier alpha value is 0.01000. The summed E-state index contributed by atoms with van der Waals surface area (Å²) in [6.07, 6.45) is 8.27. The van der Waals surface area contributed by atoms with Gasteiger partial charge in [-0.25, -0.2) is 0 Å². The summed E-state index contributed by atoms with van der Waals surface area (Å²) in [6.45, 7) is 9.85. The van der Waals surface area contributed by atoms with Gasteiger partial charge in [-0.05, 0) is 60.5 Å². The lowest BCUT2D eigenvalue weighted by atomic mass is 10.2. The Morgan fingerprint density at radius 1 is 0.773 bits per heavy atom. The highest BCUT2D eigenvalue weighted by molar-refractivity contribution is 7.59. The Bertz CT molecular complexity index is 443. The number of pyridine rings is 1. The smallest absolute Gasteiger partial charge is 0.0450 e. The van der Waals surface area contributed by atoms with E-state index in [-0.39, 0.29) is 15.8 Å². The number of rotatable bonds is 4. The fraction of sp³-hybridized carbons (Fsp3) is 0.737. The van der Waals surface area contributed by atoms with E-state index in [2.05, 4.69) is 45.9 Å². The van der Waals surface area contributed by atoms with Gasteiger partial charge in [0.05, 0.1) is 0 Å². The first-order valence-corrected chi connectivity index (χ1v) is 12.3. The average Bonchev–Trinajstić information content (AvgIpc) is 2.98. The first kappa shape index (κ1) is 16.9. The molecule has 22 heavy (non-hydrogen) atoms. The zero-order valence-electron chi connectivity index (χ0n) is 14.6. The van der Waals surface area contributed by atoms with Crippen LogP contribution in [0.1, 0.15) is 64.8 Å². The molecule has 2 aliphatic rings. The molecular formula is C19H31NP2. The highest BCUT2D eigenvalue weighted by Crippen LogP contribution is 2.58. The summed E-state index contributed by atoms with van der Waals surface area (Å²) in [5.74, 6) is 0. The summed E-state index contributed by atoms with van der Waals surface area (Å²) in [7, 11) is 0.307. The first-order chi connectivity index (χ1) is 10.5. The standard InChI is InChI=1S/C19H31NP2/c1-14-8-9-15(2)21(14)12-18-6-5-7-19(20-18)13-22-16(3)10-11-17(22)4/h5-7,14-17H,8-13H2,1-4H3/t14-,15-,16-,17-/m0/s1. The average molecular weight is 335 g/mol. The molecule has 0 amide bonds. The van der Waals surface area contributed by atoms with Crippen LogP contribution in [0.25, 0.3) is 0 Å². The van der Waals surface area contributed by atoms with Crippen molar-refractivity contribution in [2.24, 2.45) is 0 Å². The minimum atomic E-state index is 0.154. The van der Waals surface area contributed by atoms with Gasteiger partial charge in [-0.1, -0.05) is 49.6 Å². The van der Waals surface area contributed by atoms with Crippen LogP contribution in [0.3, 0.4) is 0 Å². The molecule has 0 bridgehead atoms. The van der Waals surface area contributed by atoms with E-state index in [1.165, 1.54) is 49.4 Å². The van der Waals surface area contributed by atoms with Crippen molar-refractivity contribution in [3.63, 3.8) is 0 Å². The minimum absolute atomic E-state index is 0.154. The molecule has 3 heterocycles. The molecular weight excluding hydrogens is 304 g/mol. The molecule has 4 atom stereocenters. The van der Waals surface area contributed by atoms with Crippen molar-refractivity contribution in [3.8, 4) is 0 Å². The topological polar surface area (TPSA) is 12.9 Å². The lowest BCUT2D eigenvalue weighted by Crippen LogP contribution is -2.04. The molecule has 1 aromatic rings. The zero-order chi connectivity index (χ0) is 15.7. The van der Waals surface area contributed by atoms with Crippen molar-refractivity contribution in [2.75, 3.05) is 0 Å². The van der Waals surface area contributed by atoms with Gasteiger partial charge in [-0.3, -0.25) is 4.98 Å². The summed E-state index contributed by atoms with van der Waals surface area (Å²) in [4.78, 5) is 5.07. The summed E-state index contributed by atoms with van der Waals surface area (Å²) in [5.41, 5.74) is 6.51. The molecule has 0 radical (unpaired) electrons. The van der Waals surface area contributed by atoms with Crippen LogP contribution in [0, 0.1) is 0 Å². The molecule has 0 aliphatic carbocycles. The lowest BCUT2D eigenvalue weighted by molar-refractivity contribution is 0.777. The quantitative estimate of drug-likeness (QED) is 0.598. The molecule has 122 valence electrons. The second kappa shape index (κ2) is 7.27. The molecule has 0 N–H and O–H groups in total. The summed E-state index contributed by atoms with van der Waals surface area (Å²) < 4.78 is 0. The monoisotopic (exact) mass is 335 g/mol. The van der Waals surface area contributed by atoms with Crippen molar-refractivity contribution in [2.45, 2.75) is 88.3 Å². The van der Waals surface area contributed by atoms with Gasteiger partial charge in [0, 0.05) is 23.7 Å². The van der Waals surface area contributed by atoms with E-state index in [9.17, 15) is 0 Å². The molecule has 0 unspecified atom stereocenters. The van der Waals surface area contributed by atoms with Crippen molar-refractivity contribution >= 4 is 15.8 Å². The van der Waals surface area contributed by atoms with E-state index < -0.39 is 0 Å². The van der Waals surface area contributed by atoms with E-state index in [1.54, 1.807) is 0 Å². The predicted octanol–water partition coefficient (Wildman–Crippen LogP) is 6.19. The number of nitrogens with zero attached hydrogens (tertiary/aromatic N) is 1. The van der Waals surface area contributed by atoms with Gasteiger partial charge in [-0.15, -0.1) is 0 Å². The normalized spacial score (nSPS) is 33.6. The fourth-order valence-electron chi connectivity index (χ4n) is 4.20. The van der Waals surface area contributed by atoms with Crippen molar-refractivity contribution in [3.05, 3.63) is 29.6 Å². The van der Waals surface area contributed by atoms with Crippen LogP contribution in [0.4, 0.5) is 0 Å². The van der Waals surface area contributed by atoms with Crippen LogP contribution in [0.2, 0.25) is 0 Å². The minimum Gasteiger partial charge on any atom is -0.257 e. The number of aromatic nitrogens is 1. The summed E-state index contributed by atoms with van der Waals surface area (Å²) in [6, 6.07) is 6.82. The Morgan fingerprint density at radius 2 is 1.14 bits per heavy atom. The Kier molecular flexibility index (Phi) is 5.57. The third-order valence-electron chi connectivity index (χ3n) is 5.82. The molecule has 1 nitrogen and oxygen atoms in total. The number of hydrogen-bond donors (Lipinski definition) is 0. The lowest BCUT2D eigenvalue weighted by Gasteiger charge is -2.22. The molecule has 2 fully saturated rings. The molecule has 0 spiro atoms. The van der Waals surface area contributed by atoms with E-state index in [1.807, 2.05) is 0 Å². The third kappa shape index (κ3) is 3.73. The largest absolute Gasteiger partial charge is 0.257 e. The molecule has 3 heteroatoms. The van der Waals surface area contributed by atoms with Crippen LogP contribution in [-0.4, -0.2) is 27.6 Å². The van der Waals surface area contributed by atoms with Crippen LogP contribution in [0.5, 0.6) is 0 Å². The van der Waals surface area contributed by atoms with E-state index in [4.69, 9.17) is 4.98 Å². The Labute approximate surface area is 139 Å². The molecule has 0 aromatic carbocycles. The molecule has 3 rings (SSSR count). The first-order valence-electron chi connectivity index (χ1n) is 9.01. The summed E-state index contributed by atoms with van der Waals surface area (Å²) >= 11 is 0. The van der Waals surface area contributed by atoms with Crippen molar-refractivity contribution in [1.29, 1.82) is 0 Å². The molecule has 2 aliphatic heterocycles. The summed E-state index contributed by atoms with van der Waals surface area (Å²) in [5, 5.41) is 0. The highest BCUT2D eigenvalue weighted by atomic mass is 31.1. The second-order valence-corrected chi connectivity index (χ2v) is 13.7. The van der Waals surface area contributed by atoms with Crippen LogP contribution in [-0.2, 0) is 12.3 Å². The number of hydrogen-bond acceptors (Lipinski definition) is 1. The van der Waals surface area contributed by atoms with Gasteiger partial charge in [0.2, 0.25) is 0 Å². The molecule has 2 saturated heterocycles.